The number of aromatic nitrogens is 4. The topological polar surface area (TPSA) is 119 Å². The maximum atomic E-state index is 12.9. The minimum Gasteiger partial charge on any atom is -0.479 e. The lowest BCUT2D eigenvalue weighted by Gasteiger charge is -2.19. The molecule has 0 spiro atoms. The first-order valence-corrected chi connectivity index (χ1v) is 9.21. The summed E-state index contributed by atoms with van der Waals surface area (Å²) in [6.07, 6.45) is 2.81. The number of amides is 1. The summed E-state index contributed by atoms with van der Waals surface area (Å²) in [4.78, 5) is 37.0. The van der Waals surface area contributed by atoms with E-state index in [4.69, 9.17) is 0 Å². The number of rotatable bonds is 6. The molecule has 0 aliphatic carbocycles. The summed E-state index contributed by atoms with van der Waals surface area (Å²) in [7, 11) is 0. The minimum absolute atomic E-state index is 0.117. The number of hydrogen-bond donors (Lipinski definition) is 2. The second kappa shape index (κ2) is 7.50. The molecular weight excluding hydrogens is 374 g/mol. The van der Waals surface area contributed by atoms with Gasteiger partial charge in [0.2, 0.25) is 0 Å². The van der Waals surface area contributed by atoms with Crippen LogP contribution < -0.4 is 10.9 Å². The van der Waals surface area contributed by atoms with Gasteiger partial charge in [0, 0.05) is 18.1 Å². The van der Waals surface area contributed by atoms with E-state index >= 15 is 0 Å². The fraction of sp³-hybridized carbons (Fsp3) is 0.350. The molecule has 2 heterocycles. The molecule has 3 aromatic rings. The van der Waals surface area contributed by atoms with Gasteiger partial charge < -0.3 is 10.4 Å². The third-order valence-electron chi connectivity index (χ3n) is 4.56. The minimum atomic E-state index is -1.27. The normalized spacial score (nSPS) is 11.8. The highest BCUT2D eigenvalue weighted by atomic mass is 16.4. The third kappa shape index (κ3) is 3.89. The Bertz CT molecular complexity index is 1140. The molecule has 0 unspecified atom stereocenters. The van der Waals surface area contributed by atoms with Crippen molar-refractivity contribution in [2.75, 3.05) is 5.32 Å². The predicted molar refractivity (Wildman–Crippen MR) is 108 cm³/mol. The van der Waals surface area contributed by atoms with Gasteiger partial charge in [-0.25, -0.2) is 9.48 Å². The van der Waals surface area contributed by atoms with Crippen molar-refractivity contribution in [1.82, 2.24) is 19.6 Å². The van der Waals surface area contributed by atoms with E-state index in [-0.39, 0.29) is 17.2 Å². The SMILES string of the molecule is CC(C)Cn1nc(C(=O)Nc2cnn(C(C)(C)C(=O)O)c2)c2ccccc2c1=O. The molecule has 0 aliphatic heterocycles. The van der Waals surface area contributed by atoms with Crippen molar-refractivity contribution in [2.45, 2.75) is 39.8 Å². The predicted octanol–water partition coefficient (Wildman–Crippen LogP) is 2.32. The zero-order chi connectivity index (χ0) is 21.3. The average molecular weight is 397 g/mol. The Morgan fingerprint density at radius 3 is 2.48 bits per heavy atom. The molecule has 0 aliphatic rings. The van der Waals surface area contributed by atoms with Crippen molar-refractivity contribution in [2.24, 2.45) is 5.92 Å². The van der Waals surface area contributed by atoms with E-state index in [1.165, 1.54) is 35.6 Å². The van der Waals surface area contributed by atoms with E-state index in [1.54, 1.807) is 24.3 Å². The highest BCUT2D eigenvalue weighted by molar-refractivity contribution is 6.11. The molecule has 0 bridgehead atoms. The van der Waals surface area contributed by atoms with E-state index < -0.39 is 17.4 Å². The first-order chi connectivity index (χ1) is 13.6. The van der Waals surface area contributed by atoms with Crippen LogP contribution in [0.2, 0.25) is 0 Å². The fourth-order valence-corrected chi connectivity index (χ4v) is 2.85. The highest BCUT2D eigenvalue weighted by Gasteiger charge is 2.30. The Balaban J connectivity index is 2.00. The second-order valence-corrected chi connectivity index (χ2v) is 7.77. The molecule has 1 aromatic carbocycles. The summed E-state index contributed by atoms with van der Waals surface area (Å²) in [5.41, 5.74) is -1.07. The summed E-state index contributed by atoms with van der Waals surface area (Å²) < 4.78 is 2.56. The van der Waals surface area contributed by atoms with Crippen LogP contribution in [-0.4, -0.2) is 36.5 Å². The molecule has 3 rings (SSSR count). The molecule has 2 N–H and O–H groups in total. The first kappa shape index (κ1) is 20.2. The molecule has 0 saturated carbocycles. The van der Waals surface area contributed by atoms with E-state index in [1.807, 2.05) is 13.8 Å². The van der Waals surface area contributed by atoms with Crippen LogP contribution in [0.15, 0.2) is 41.5 Å². The molecule has 1 amide bonds. The zero-order valence-electron chi connectivity index (χ0n) is 16.7. The van der Waals surface area contributed by atoms with Crippen molar-refractivity contribution in [3.05, 3.63) is 52.7 Å². The molecule has 0 atom stereocenters. The van der Waals surface area contributed by atoms with Crippen molar-refractivity contribution >= 4 is 28.3 Å². The Hall–Kier alpha value is -3.49. The average Bonchev–Trinajstić information content (AvgIpc) is 3.12. The highest BCUT2D eigenvalue weighted by Crippen LogP contribution is 2.19. The number of carbonyl (C=O) groups excluding carboxylic acids is 1. The molecule has 9 heteroatoms. The number of hydrogen-bond acceptors (Lipinski definition) is 5. The van der Waals surface area contributed by atoms with Gasteiger partial charge in [-0.15, -0.1) is 0 Å². The lowest BCUT2D eigenvalue weighted by molar-refractivity contribution is -0.146. The fourth-order valence-electron chi connectivity index (χ4n) is 2.85. The van der Waals surface area contributed by atoms with Gasteiger partial charge in [0.15, 0.2) is 11.2 Å². The van der Waals surface area contributed by atoms with Crippen LogP contribution in [0.5, 0.6) is 0 Å². The van der Waals surface area contributed by atoms with E-state index in [0.717, 1.165) is 0 Å². The number of nitrogens with one attached hydrogen (secondary N) is 1. The van der Waals surface area contributed by atoms with Crippen LogP contribution in [0, 0.1) is 5.92 Å². The number of carboxylic acids is 1. The molecular formula is C20H23N5O4. The summed E-state index contributed by atoms with van der Waals surface area (Å²) >= 11 is 0. The summed E-state index contributed by atoms with van der Waals surface area (Å²) in [5, 5.41) is 21.2. The molecule has 29 heavy (non-hydrogen) atoms. The van der Waals surface area contributed by atoms with Crippen molar-refractivity contribution < 1.29 is 14.7 Å². The summed E-state index contributed by atoms with van der Waals surface area (Å²) in [6, 6.07) is 6.82. The van der Waals surface area contributed by atoms with E-state index in [2.05, 4.69) is 15.5 Å². The van der Waals surface area contributed by atoms with Gasteiger partial charge in [0.25, 0.3) is 11.5 Å². The van der Waals surface area contributed by atoms with Crippen LogP contribution in [0.4, 0.5) is 5.69 Å². The van der Waals surface area contributed by atoms with Gasteiger partial charge in [-0.2, -0.15) is 10.2 Å². The molecule has 0 radical (unpaired) electrons. The molecule has 9 nitrogen and oxygen atoms in total. The lowest BCUT2D eigenvalue weighted by atomic mass is 10.1. The number of benzene rings is 1. The molecule has 2 aromatic heterocycles. The Kier molecular flexibility index (Phi) is 5.23. The Labute approximate surface area is 167 Å². The maximum absolute atomic E-state index is 12.9. The number of carbonyl (C=O) groups is 2. The molecule has 152 valence electrons. The van der Waals surface area contributed by atoms with Crippen LogP contribution in [0.25, 0.3) is 10.8 Å². The lowest BCUT2D eigenvalue weighted by Crippen LogP contribution is -2.35. The van der Waals surface area contributed by atoms with Crippen molar-refractivity contribution in [3.8, 4) is 0 Å². The van der Waals surface area contributed by atoms with Gasteiger partial charge in [0.1, 0.15) is 0 Å². The second-order valence-electron chi connectivity index (χ2n) is 7.77. The third-order valence-corrected chi connectivity index (χ3v) is 4.56. The molecule has 0 saturated heterocycles. The standard InChI is InChI=1S/C20H23N5O4/c1-12(2)10-24-18(27)15-8-6-5-7-14(15)16(23-24)17(26)22-13-9-21-25(11-13)20(3,4)19(28)29/h5-9,11-12H,10H2,1-4H3,(H,22,26)(H,28,29). The van der Waals surface area contributed by atoms with Crippen molar-refractivity contribution in [3.63, 3.8) is 0 Å². The van der Waals surface area contributed by atoms with Gasteiger partial charge in [-0.05, 0) is 25.8 Å². The zero-order valence-corrected chi connectivity index (χ0v) is 16.7. The molecule has 0 fully saturated rings. The number of aliphatic carboxylic acids is 1. The summed E-state index contributed by atoms with van der Waals surface area (Å²) in [5.74, 6) is -1.38. The van der Waals surface area contributed by atoms with Gasteiger partial charge in [-0.1, -0.05) is 32.0 Å². The van der Waals surface area contributed by atoms with Crippen LogP contribution in [0.3, 0.4) is 0 Å². The van der Waals surface area contributed by atoms with Crippen LogP contribution in [0.1, 0.15) is 38.2 Å². The number of anilines is 1. The van der Waals surface area contributed by atoms with Gasteiger partial charge in [-0.3, -0.25) is 14.3 Å². The maximum Gasteiger partial charge on any atom is 0.331 e. The number of nitrogens with zero attached hydrogens (tertiary/aromatic N) is 4. The number of fused-ring (bicyclic) bond motifs is 1. The summed E-state index contributed by atoms with van der Waals surface area (Å²) in [6.45, 7) is 7.31. The Morgan fingerprint density at radius 1 is 1.21 bits per heavy atom. The van der Waals surface area contributed by atoms with Gasteiger partial charge in [0.05, 0.1) is 17.3 Å². The quantitative estimate of drug-likeness (QED) is 0.659. The van der Waals surface area contributed by atoms with Crippen molar-refractivity contribution in [1.29, 1.82) is 0 Å². The smallest absolute Gasteiger partial charge is 0.331 e. The van der Waals surface area contributed by atoms with Crippen LogP contribution in [-0.2, 0) is 16.9 Å². The van der Waals surface area contributed by atoms with Gasteiger partial charge >= 0.3 is 5.97 Å². The largest absolute Gasteiger partial charge is 0.479 e. The first-order valence-electron chi connectivity index (χ1n) is 9.21. The number of carboxylic acid groups (broad SMARTS) is 1. The van der Waals surface area contributed by atoms with E-state index in [9.17, 15) is 19.5 Å². The van der Waals surface area contributed by atoms with E-state index in [0.29, 0.717) is 23.0 Å². The monoisotopic (exact) mass is 397 g/mol. The Morgan fingerprint density at radius 2 is 1.86 bits per heavy atom. The van der Waals surface area contributed by atoms with Crippen LogP contribution >= 0.6 is 0 Å².